The Hall–Kier alpha value is -3.69. The first-order valence-electron chi connectivity index (χ1n) is 8.08. The van der Waals surface area contributed by atoms with Gasteiger partial charge in [0, 0.05) is 44.1 Å². The number of carboxylic acids is 2. The molecule has 0 unspecified atom stereocenters. The van der Waals surface area contributed by atoms with Gasteiger partial charge in [-0.15, -0.1) is 0 Å². The van der Waals surface area contributed by atoms with Crippen LogP contribution in [0.15, 0.2) is 67.4 Å². The van der Waals surface area contributed by atoms with Crippen LogP contribution < -0.4 is 11.5 Å². The molecular formula is C19H21N5O4. The van der Waals surface area contributed by atoms with Gasteiger partial charge < -0.3 is 21.7 Å². The highest BCUT2D eigenvalue weighted by Crippen LogP contribution is 2.01. The van der Waals surface area contributed by atoms with Crippen LogP contribution in [0.5, 0.6) is 0 Å². The fourth-order valence-electron chi connectivity index (χ4n) is 1.72. The maximum atomic E-state index is 10.4. The molecule has 28 heavy (non-hydrogen) atoms. The highest BCUT2D eigenvalue weighted by Gasteiger charge is 2.08. The zero-order chi connectivity index (χ0) is 20.8. The first kappa shape index (κ1) is 22.4. The third-order valence-corrected chi connectivity index (χ3v) is 3.14. The Labute approximate surface area is 161 Å². The Morgan fingerprint density at radius 2 is 1.36 bits per heavy atom. The molecular weight excluding hydrogens is 362 g/mol. The van der Waals surface area contributed by atoms with Gasteiger partial charge in [0.2, 0.25) is 0 Å². The zero-order valence-electron chi connectivity index (χ0n) is 15.0. The van der Waals surface area contributed by atoms with E-state index in [1.165, 1.54) is 6.07 Å². The summed E-state index contributed by atoms with van der Waals surface area (Å²) in [7, 11) is 0. The van der Waals surface area contributed by atoms with Gasteiger partial charge in [-0.1, -0.05) is 12.1 Å². The molecule has 0 fully saturated rings. The second-order valence-corrected chi connectivity index (χ2v) is 5.17. The molecule has 0 atom stereocenters. The Morgan fingerprint density at radius 1 is 0.821 bits per heavy atom. The van der Waals surface area contributed by atoms with Gasteiger partial charge in [-0.3, -0.25) is 9.97 Å². The van der Waals surface area contributed by atoms with Crippen LogP contribution in [0.25, 0.3) is 0 Å². The molecule has 0 saturated carbocycles. The topological polar surface area (TPSA) is 165 Å². The first-order valence-corrected chi connectivity index (χ1v) is 8.08. The Bertz CT molecular complexity index is 792. The van der Waals surface area contributed by atoms with Gasteiger partial charge >= 0.3 is 11.9 Å². The summed E-state index contributed by atoms with van der Waals surface area (Å²) >= 11 is 0. The summed E-state index contributed by atoms with van der Waals surface area (Å²) in [6.45, 7) is 1.15. The predicted octanol–water partition coefficient (Wildman–Crippen LogP) is 1.56. The molecule has 0 bridgehead atoms. The van der Waals surface area contributed by atoms with Crippen molar-refractivity contribution in [1.29, 1.82) is 0 Å². The minimum Gasteiger partial charge on any atom is -0.478 e. The van der Waals surface area contributed by atoms with Crippen molar-refractivity contribution >= 4 is 11.9 Å². The third kappa shape index (κ3) is 8.61. The van der Waals surface area contributed by atoms with E-state index in [0.717, 1.165) is 23.4 Å². The molecule has 3 aromatic heterocycles. The number of rotatable bonds is 4. The Balaban J connectivity index is 0.000000217. The highest BCUT2D eigenvalue weighted by molar-refractivity contribution is 5.92. The van der Waals surface area contributed by atoms with Crippen molar-refractivity contribution in [1.82, 2.24) is 15.0 Å². The minimum atomic E-state index is -1.24. The SMILES string of the molecule is NCc1cccnc1.NCc1cccnc1.O=C(O)c1ccnc(C(=O)O)c1. The molecule has 3 rings (SSSR count). The summed E-state index contributed by atoms with van der Waals surface area (Å²) in [6, 6.07) is 9.89. The van der Waals surface area contributed by atoms with Crippen molar-refractivity contribution < 1.29 is 19.8 Å². The van der Waals surface area contributed by atoms with Gasteiger partial charge in [0.05, 0.1) is 5.56 Å². The van der Waals surface area contributed by atoms with Gasteiger partial charge in [0.15, 0.2) is 0 Å². The van der Waals surface area contributed by atoms with Crippen LogP contribution in [0.3, 0.4) is 0 Å². The molecule has 0 aromatic carbocycles. The van der Waals surface area contributed by atoms with Crippen LogP contribution >= 0.6 is 0 Å². The number of pyridine rings is 3. The molecule has 0 aliphatic carbocycles. The maximum absolute atomic E-state index is 10.4. The van der Waals surface area contributed by atoms with Crippen LogP contribution in [0, 0.1) is 0 Å². The monoisotopic (exact) mass is 383 g/mol. The van der Waals surface area contributed by atoms with E-state index < -0.39 is 11.9 Å². The number of hydrogen-bond acceptors (Lipinski definition) is 7. The first-order chi connectivity index (χ1) is 13.5. The summed E-state index contributed by atoms with van der Waals surface area (Å²) in [5, 5.41) is 16.9. The summed E-state index contributed by atoms with van der Waals surface area (Å²) in [4.78, 5) is 31.9. The second kappa shape index (κ2) is 12.6. The molecule has 0 aliphatic heterocycles. The van der Waals surface area contributed by atoms with Crippen molar-refractivity contribution in [2.24, 2.45) is 11.5 Å². The fraction of sp³-hybridized carbons (Fsp3) is 0.105. The molecule has 0 saturated heterocycles. The number of carboxylic acid groups (broad SMARTS) is 2. The molecule has 3 heterocycles. The number of carbonyl (C=O) groups is 2. The van der Waals surface area contributed by atoms with Crippen molar-refractivity contribution in [3.05, 3.63) is 89.8 Å². The van der Waals surface area contributed by atoms with Crippen molar-refractivity contribution in [2.45, 2.75) is 13.1 Å². The van der Waals surface area contributed by atoms with Crippen LogP contribution in [0.2, 0.25) is 0 Å². The van der Waals surface area contributed by atoms with Crippen LogP contribution in [-0.2, 0) is 13.1 Å². The minimum absolute atomic E-state index is 0.0811. The van der Waals surface area contributed by atoms with E-state index in [4.69, 9.17) is 21.7 Å². The van der Waals surface area contributed by atoms with Gasteiger partial charge in [-0.05, 0) is 35.4 Å². The molecule has 0 amide bonds. The predicted molar refractivity (Wildman–Crippen MR) is 102 cm³/mol. The van der Waals surface area contributed by atoms with Crippen LogP contribution in [0.1, 0.15) is 32.0 Å². The van der Waals surface area contributed by atoms with Crippen molar-refractivity contribution in [3.63, 3.8) is 0 Å². The molecule has 146 valence electrons. The highest BCUT2D eigenvalue weighted by atomic mass is 16.4. The number of nitrogens with two attached hydrogens (primary N) is 2. The van der Waals surface area contributed by atoms with E-state index in [1.807, 2.05) is 24.3 Å². The van der Waals surface area contributed by atoms with Crippen molar-refractivity contribution in [3.8, 4) is 0 Å². The van der Waals surface area contributed by atoms with Crippen LogP contribution in [0.4, 0.5) is 0 Å². The lowest BCUT2D eigenvalue weighted by Gasteiger charge is -1.94. The number of nitrogens with zero attached hydrogens (tertiary/aromatic N) is 3. The number of hydrogen-bond donors (Lipinski definition) is 4. The molecule has 9 nitrogen and oxygen atoms in total. The zero-order valence-corrected chi connectivity index (χ0v) is 15.0. The lowest BCUT2D eigenvalue weighted by molar-refractivity contribution is 0.0690. The second-order valence-electron chi connectivity index (χ2n) is 5.17. The molecule has 0 radical (unpaired) electrons. The maximum Gasteiger partial charge on any atom is 0.354 e. The van der Waals surface area contributed by atoms with Gasteiger partial charge in [-0.2, -0.15) is 0 Å². The molecule has 0 aliphatic rings. The number of aromatic carboxylic acids is 2. The normalized spacial score (nSPS) is 9.21. The summed E-state index contributed by atoms with van der Waals surface area (Å²) < 4.78 is 0. The lowest BCUT2D eigenvalue weighted by Crippen LogP contribution is -2.03. The van der Waals surface area contributed by atoms with E-state index in [2.05, 4.69) is 15.0 Å². The third-order valence-electron chi connectivity index (χ3n) is 3.14. The van der Waals surface area contributed by atoms with E-state index in [9.17, 15) is 9.59 Å². The van der Waals surface area contributed by atoms with E-state index in [-0.39, 0.29) is 11.3 Å². The standard InChI is InChI=1S/C7H5NO4.2C6H8N2/c9-6(10)4-1-2-8-5(3-4)7(11)12;2*7-4-6-2-1-3-8-5-6/h1-3H,(H,9,10)(H,11,12);2*1-3,5H,4,7H2. The number of aromatic nitrogens is 3. The van der Waals surface area contributed by atoms with E-state index in [1.54, 1.807) is 24.8 Å². The molecule has 9 heteroatoms. The van der Waals surface area contributed by atoms with Gasteiger partial charge in [0.25, 0.3) is 0 Å². The van der Waals surface area contributed by atoms with Gasteiger partial charge in [0.1, 0.15) is 5.69 Å². The van der Waals surface area contributed by atoms with Gasteiger partial charge in [-0.25, -0.2) is 14.6 Å². The van der Waals surface area contributed by atoms with E-state index >= 15 is 0 Å². The molecule has 0 spiro atoms. The summed E-state index contributed by atoms with van der Waals surface area (Å²) in [5.41, 5.74) is 12.4. The Kier molecular flexibility index (Phi) is 10.1. The fourth-order valence-corrected chi connectivity index (χ4v) is 1.72. The largest absolute Gasteiger partial charge is 0.478 e. The molecule has 6 N–H and O–H groups in total. The quantitative estimate of drug-likeness (QED) is 0.523. The molecule has 3 aromatic rings. The average molecular weight is 383 g/mol. The Morgan fingerprint density at radius 3 is 1.68 bits per heavy atom. The smallest absolute Gasteiger partial charge is 0.354 e. The summed E-state index contributed by atoms with van der Waals surface area (Å²) in [6.07, 6.45) is 8.14. The lowest BCUT2D eigenvalue weighted by atomic mass is 10.2. The van der Waals surface area contributed by atoms with E-state index in [0.29, 0.717) is 13.1 Å². The summed E-state index contributed by atoms with van der Waals surface area (Å²) in [5.74, 6) is -2.40. The average Bonchev–Trinajstić information content (AvgIpc) is 2.76. The van der Waals surface area contributed by atoms with Crippen LogP contribution in [-0.4, -0.2) is 37.1 Å². The van der Waals surface area contributed by atoms with Crippen molar-refractivity contribution in [2.75, 3.05) is 0 Å².